The lowest BCUT2D eigenvalue weighted by Crippen LogP contribution is -1.91. The number of hydrogen-bond acceptors (Lipinski definition) is 2. The lowest BCUT2D eigenvalue weighted by Gasteiger charge is -2.09. The number of halogens is 1. The number of benzene rings is 2. The molecule has 0 N–H and O–H groups in total. The number of rotatable bonds is 5. The second kappa shape index (κ2) is 7.01. The van der Waals surface area contributed by atoms with Crippen molar-refractivity contribution in [3.63, 3.8) is 0 Å². The van der Waals surface area contributed by atoms with Crippen LogP contribution < -0.4 is 4.74 Å². The van der Waals surface area contributed by atoms with E-state index in [-0.39, 0.29) is 0 Å². The van der Waals surface area contributed by atoms with Gasteiger partial charge in [-0.25, -0.2) is 0 Å². The molecule has 19 heavy (non-hydrogen) atoms. The van der Waals surface area contributed by atoms with Gasteiger partial charge in [-0.3, -0.25) is 0 Å². The van der Waals surface area contributed by atoms with E-state index in [1.807, 2.05) is 23.9 Å². The average Bonchev–Trinajstić information content (AvgIpc) is 2.39. The highest BCUT2D eigenvalue weighted by Crippen LogP contribution is 2.28. The maximum atomic E-state index is 5.39. The molecule has 2 aromatic rings. The van der Waals surface area contributed by atoms with Crippen molar-refractivity contribution in [1.82, 2.24) is 0 Å². The predicted octanol–water partition coefficient (Wildman–Crippen LogP) is 5.20. The SMILES string of the molecule is COc1ccc(Br)cc1CSCc1cccc(C)c1. The molecule has 3 heteroatoms. The Hall–Kier alpha value is -0.930. The van der Waals surface area contributed by atoms with Crippen molar-refractivity contribution in [2.45, 2.75) is 18.4 Å². The number of thioether (sulfide) groups is 1. The fourth-order valence-electron chi connectivity index (χ4n) is 1.94. The summed E-state index contributed by atoms with van der Waals surface area (Å²) in [7, 11) is 1.72. The summed E-state index contributed by atoms with van der Waals surface area (Å²) in [5, 5.41) is 0. The molecule has 0 spiro atoms. The minimum absolute atomic E-state index is 0.955. The van der Waals surface area contributed by atoms with Crippen molar-refractivity contribution >= 4 is 27.7 Å². The molecular formula is C16H17BrOS. The van der Waals surface area contributed by atoms with Gasteiger partial charge in [0.1, 0.15) is 5.75 Å². The van der Waals surface area contributed by atoms with Crippen LogP contribution in [0.15, 0.2) is 46.9 Å². The van der Waals surface area contributed by atoms with Gasteiger partial charge >= 0.3 is 0 Å². The molecule has 0 saturated heterocycles. The molecule has 0 aliphatic rings. The lowest BCUT2D eigenvalue weighted by molar-refractivity contribution is 0.411. The Labute approximate surface area is 127 Å². The molecule has 0 saturated carbocycles. The summed E-state index contributed by atoms with van der Waals surface area (Å²) in [6.45, 7) is 2.13. The van der Waals surface area contributed by atoms with Gasteiger partial charge in [0.25, 0.3) is 0 Å². The van der Waals surface area contributed by atoms with E-state index in [4.69, 9.17) is 4.74 Å². The van der Waals surface area contributed by atoms with Crippen molar-refractivity contribution in [2.75, 3.05) is 7.11 Å². The quantitative estimate of drug-likeness (QED) is 0.742. The highest BCUT2D eigenvalue weighted by molar-refractivity contribution is 9.10. The van der Waals surface area contributed by atoms with Crippen molar-refractivity contribution in [1.29, 1.82) is 0 Å². The van der Waals surface area contributed by atoms with Crippen LogP contribution in [-0.2, 0) is 11.5 Å². The van der Waals surface area contributed by atoms with E-state index in [1.165, 1.54) is 16.7 Å². The first kappa shape index (κ1) is 14.5. The van der Waals surface area contributed by atoms with E-state index in [1.54, 1.807) is 7.11 Å². The lowest BCUT2D eigenvalue weighted by atomic mass is 10.2. The van der Waals surface area contributed by atoms with Crippen LogP contribution in [-0.4, -0.2) is 7.11 Å². The Morgan fingerprint density at radius 1 is 1.11 bits per heavy atom. The zero-order chi connectivity index (χ0) is 13.7. The summed E-state index contributed by atoms with van der Waals surface area (Å²) in [5.41, 5.74) is 3.92. The standard InChI is InChI=1S/C16H17BrOS/c1-12-4-3-5-13(8-12)10-19-11-14-9-15(17)6-7-16(14)18-2/h3-9H,10-11H2,1-2H3. The first-order valence-electron chi connectivity index (χ1n) is 6.15. The van der Waals surface area contributed by atoms with Gasteiger partial charge in [-0.2, -0.15) is 11.8 Å². The summed E-state index contributed by atoms with van der Waals surface area (Å²) in [4.78, 5) is 0. The van der Waals surface area contributed by atoms with Crippen LogP contribution >= 0.6 is 27.7 Å². The second-order valence-corrected chi connectivity index (χ2v) is 6.34. The minimum Gasteiger partial charge on any atom is -0.496 e. The smallest absolute Gasteiger partial charge is 0.122 e. The number of aryl methyl sites for hydroxylation is 1. The molecule has 1 nitrogen and oxygen atoms in total. The van der Waals surface area contributed by atoms with Crippen LogP contribution in [0.4, 0.5) is 0 Å². The Morgan fingerprint density at radius 2 is 1.95 bits per heavy atom. The van der Waals surface area contributed by atoms with E-state index in [9.17, 15) is 0 Å². The first-order valence-corrected chi connectivity index (χ1v) is 8.09. The Morgan fingerprint density at radius 3 is 2.68 bits per heavy atom. The first-order chi connectivity index (χ1) is 9.19. The highest BCUT2D eigenvalue weighted by atomic mass is 79.9. The Balaban J connectivity index is 1.97. The van der Waals surface area contributed by atoms with Crippen LogP contribution in [0, 0.1) is 6.92 Å². The third-order valence-corrected chi connectivity index (χ3v) is 4.40. The Bertz CT molecular complexity index is 554. The van der Waals surface area contributed by atoms with Gasteiger partial charge in [-0.1, -0.05) is 45.8 Å². The number of methoxy groups -OCH3 is 1. The highest BCUT2D eigenvalue weighted by Gasteiger charge is 2.04. The third kappa shape index (κ3) is 4.29. The van der Waals surface area contributed by atoms with E-state index in [0.29, 0.717) is 0 Å². The van der Waals surface area contributed by atoms with Gasteiger partial charge in [-0.05, 0) is 30.7 Å². The number of hydrogen-bond donors (Lipinski definition) is 0. The van der Waals surface area contributed by atoms with E-state index < -0.39 is 0 Å². The molecule has 0 aliphatic heterocycles. The summed E-state index contributed by atoms with van der Waals surface area (Å²) < 4.78 is 6.48. The van der Waals surface area contributed by atoms with Crippen LogP contribution in [0.5, 0.6) is 5.75 Å². The van der Waals surface area contributed by atoms with Gasteiger partial charge in [0.2, 0.25) is 0 Å². The normalized spacial score (nSPS) is 10.5. The average molecular weight is 337 g/mol. The molecule has 0 atom stereocenters. The third-order valence-electron chi connectivity index (χ3n) is 2.85. The predicted molar refractivity (Wildman–Crippen MR) is 86.9 cm³/mol. The molecule has 0 heterocycles. The van der Waals surface area contributed by atoms with E-state index >= 15 is 0 Å². The zero-order valence-electron chi connectivity index (χ0n) is 11.2. The molecule has 0 radical (unpaired) electrons. The van der Waals surface area contributed by atoms with Gasteiger partial charge in [0.05, 0.1) is 7.11 Å². The fourth-order valence-corrected chi connectivity index (χ4v) is 3.31. The van der Waals surface area contributed by atoms with Crippen LogP contribution in [0.3, 0.4) is 0 Å². The summed E-state index contributed by atoms with van der Waals surface area (Å²) >= 11 is 5.41. The van der Waals surface area contributed by atoms with Crippen LogP contribution in [0.1, 0.15) is 16.7 Å². The molecule has 2 aromatic carbocycles. The van der Waals surface area contributed by atoms with Crippen LogP contribution in [0.25, 0.3) is 0 Å². The van der Waals surface area contributed by atoms with Crippen molar-refractivity contribution in [2.24, 2.45) is 0 Å². The molecule has 0 aliphatic carbocycles. The molecule has 0 bridgehead atoms. The Kier molecular flexibility index (Phi) is 5.34. The van der Waals surface area contributed by atoms with Gasteiger partial charge < -0.3 is 4.74 Å². The molecule has 0 unspecified atom stereocenters. The van der Waals surface area contributed by atoms with Gasteiger partial charge in [-0.15, -0.1) is 0 Å². The molecule has 100 valence electrons. The summed E-state index contributed by atoms with van der Waals surface area (Å²) in [6.07, 6.45) is 0. The largest absolute Gasteiger partial charge is 0.496 e. The zero-order valence-corrected chi connectivity index (χ0v) is 13.6. The van der Waals surface area contributed by atoms with Crippen molar-refractivity contribution in [3.8, 4) is 5.75 Å². The molecule has 0 aromatic heterocycles. The summed E-state index contributed by atoms with van der Waals surface area (Å²) in [5.74, 6) is 2.94. The maximum absolute atomic E-state index is 5.39. The van der Waals surface area contributed by atoms with Crippen molar-refractivity contribution < 1.29 is 4.74 Å². The van der Waals surface area contributed by atoms with Gasteiger partial charge in [0, 0.05) is 21.5 Å². The maximum Gasteiger partial charge on any atom is 0.122 e. The molecule has 0 amide bonds. The minimum atomic E-state index is 0.955. The molecule has 2 rings (SSSR count). The molecule has 0 fully saturated rings. The van der Waals surface area contributed by atoms with Crippen LogP contribution in [0.2, 0.25) is 0 Å². The number of ether oxygens (including phenoxy) is 1. The van der Waals surface area contributed by atoms with E-state index in [2.05, 4.69) is 53.2 Å². The summed E-state index contributed by atoms with van der Waals surface area (Å²) in [6, 6.07) is 14.8. The fraction of sp³-hybridized carbons (Fsp3) is 0.250. The van der Waals surface area contributed by atoms with E-state index in [0.717, 1.165) is 21.7 Å². The topological polar surface area (TPSA) is 9.23 Å². The second-order valence-electron chi connectivity index (χ2n) is 4.44. The monoisotopic (exact) mass is 336 g/mol. The molecular weight excluding hydrogens is 320 g/mol. The van der Waals surface area contributed by atoms with Crippen molar-refractivity contribution in [3.05, 3.63) is 63.6 Å². The van der Waals surface area contributed by atoms with Gasteiger partial charge in [0.15, 0.2) is 0 Å².